The molecule has 1 aromatic heterocycles. The van der Waals surface area contributed by atoms with Crippen molar-refractivity contribution in [2.75, 3.05) is 7.05 Å². The van der Waals surface area contributed by atoms with Gasteiger partial charge in [0, 0.05) is 10.6 Å². The van der Waals surface area contributed by atoms with E-state index in [0.29, 0.717) is 5.25 Å². The lowest BCUT2D eigenvalue weighted by atomic mass is 10.0. The van der Waals surface area contributed by atoms with E-state index in [-0.39, 0.29) is 5.54 Å². The molecule has 2 aromatic rings. The van der Waals surface area contributed by atoms with Gasteiger partial charge in [0.1, 0.15) is 16.9 Å². The maximum absolute atomic E-state index is 9.32. The van der Waals surface area contributed by atoms with Crippen LogP contribution in [0.4, 0.5) is 0 Å². The summed E-state index contributed by atoms with van der Waals surface area (Å²) in [5, 5.41) is 15.0. The molecule has 2 unspecified atom stereocenters. The van der Waals surface area contributed by atoms with Crippen molar-refractivity contribution in [3.05, 3.63) is 30.6 Å². The summed E-state index contributed by atoms with van der Waals surface area (Å²) in [7, 11) is 1.87. The molecule has 0 saturated heterocycles. The molecule has 20 heavy (non-hydrogen) atoms. The molecule has 0 radical (unpaired) electrons. The van der Waals surface area contributed by atoms with E-state index in [1.807, 2.05) is 25.2 Å². The molecule has 1 aliphatic rings. The van der Waals surface area contributed by atoms with Gasteiger partial charge in [-0.25, -0.2) is 9.97 Å². The van der Waals surface area contributed by atoms with Crippen molar-refractivity contribution >= 4 is 22.7 Å². The van der Waals surface area contributed by atoms with E-state index in [0.717, 1.165) is 35.2 Å². The van der Waals surface area contributed by atoms with E-state index >= 15 is 0 Å². The number of para-hydroxylation sites is 1. The minimum absolute atomic E-state index is 0.361. The van der Waals surface area contributed by atoms with E-state index in [1.54, 1.807) is 18.1 Å². The molecule has 0 amide bonds. The molecule has 1 heterocycles. The van der Waals surface area contributed by atoms with E-state index in [4.69, 9.17) is 0 Å². The highest BCUT2D eigenvalue weighted by molar-refractivity contribution is 8.00. The topological polar surface area (TPSA) is 61.6 Å². The summed E-state index contributed by atoms with van der Waals surface area (Å²) in [6.07, 6.45) is 4.43. The summed E-state index contributed by atoms with van der Waals surface area (Å²) >= 11 is 1.77. The van der Waals surface area contributed by atoms with Gasteiger partial charge in [-0.3, -0.25) is 0 Å². The van der Waals surface area contributed by atoms with Gasteiger partial charge in [-0.15, -0.1) is 11.8 Å². The predicted octanol–water partition coefficient (Wildman–Crippen LogP) is 2.76. The molecule has 1 fully saturated rings. The van der Waals surface area contributed by atoms with Gasteiger partial charge < -0.3 is 5.32 Å². The average molecular weight is 284 g/mol. The van der Waals surface area contributed by atoms with Gasteiger partial charge in [-0.05, 0) is 32.4 Å². The minimum Gasteiger partial charge on any atom is -0.302 e. The van der Waals surface area contributed by atoms with Gasteiger partial charge in [-0.2, -0.15) is 5.26 Å². The monoisotopic (exact) mass is 284 g/mol. The summed E-state index contributed by atoms with van der Waals surface area (Å²) in [5.74, 6) is 0. The van der Waals surface area contributed by atoms with Crippen LogP contribution < -0.4 is 5.32 Å². The van der Waals surface area contributed by atoms with Crippen molar-refractivity contribution in [2.45, 2.75) is 35.1 Å². The van der Waals surface area contributed by atoms with E-state index < -0.39 is 0 Å². The first-order chi connectivity index (χ1) is 9.76. The molecular formula is C15H16N4S. The molecule has 1 aromatic carbocycles. The fourth-order valence-electron chi connectivity index (χ4n) is 2.72. The lowest BCUT2D eigenvalue weighted by Crippen LogP contribution is -2.38. The fourth-order valence-corrected chi connectivity index (χ4v) is 4.04. The van der Waals surface area contributed by atoms with Gasteiger partial charge in [0.25, 0.3) is 0 Å². The standard InChI is InChI=1S/C15H16N4S/c1-17-15(9-16)7-6-11(8-15)20-14-12-4-2-3-5-13(12)18-10-19-14/h2-5,10-11,17H,6-8H2,1H3. The van der Waals surface area contributed by atoms with Crippen molar-refractivity contribution in [1.29, 1.82) is 5.26 Å². The zero-order valence-corrected chi connectivity index (χ0v) is 12.2. The Kier molecular flexibility index (Phi) is 3.60. The maximum atomic E-state index is 9.32. The molecule has 2 atom stereocenters. The molecule has 1 aliphatic carbocycles. The van der Waals surface area contributed by atoms with Crippen LogP contribution >= 0.6 is 11.8 Å². The second kappa shape index (κ2) is 5.39. The Morgan fingerprint density at radius 1 is 1.40 bits per heavy atom. The highest BCUT2D eigenvalue weighted by atomic mass is 32.2. The van der Waals surface area contributed by atoms with E-state index in [2.05, 4.69) is 27.4 Å². The van der Waals surface area contributed by atoms with E-state index in [1.165, 1.54) is 0 Å². The predicted molar refractivity (Wildman–Crippen MR) is 80.4 cm³/mol. The first kappa shape index (κ1) is 13.3. The molecule has 1 saturated carbocycles. The number of nitriles is 1. The fraction of sp³-hybridized carbons (Fsp3) is 0.400. The summed E-state index contributed by atoms with van der Waals surface area (Å²) in [6, 6.07) is 10.5. The normalized spacial score (nSPS) is 25.7. The average Bonchev–Trinajstić information content (AvgIpc) is 2.92. The number of hydrogen-bond acceptors (Lipinski definition) is 5. The quantitative estimate of drug-likeness (QED) is 0.878. The van der Waals surface area contributed by atoms with Crippen molar-refractivity contribution < 1.29 is 0 Å². The van der Waals surface area contributed by atoms with Crippen molar-refractivity contribution in [3.63, 3.8) is 0 Å². The van der Waals surface area contributed by atoms with Crippen molar-refractivity contribution in [1.82, 2.24) is 15.3 Å². The molecule has 0 aliphatic heterocycles. The molecule has 1 N–H and O–H groups in total. The molecule has 0 spiro atoms. The Bertz CT molecular complexity index is 661. The zero-order valence-electron chi connectivity index (χ0n) is 11.3. The summed E-state index contributed by atoms with van der Waals surface area (Å²) < 4.78 is 0. The molecule has 3 rings (SSSR count). The van der Waals surface area contributed by atoms with Crippen LogP contribution in [0.1, 0.15) is 19.3 Å². The minimum atomic E-state index is -0.361. The third-order valence-electron chi connectivity index (χ3n) is 3.95. The number of aromatic nitrogens is 2. The summed E-state index contributed by atoms with van der Waals surface area (Å²) in [4.78, 5) is 8.71. The number of benzene rings is 1. The smallest absolute Gasteiger partial charge is 0.117 e. The lowest BCUT2D eigenvalue weighted by molar-refractivity contribution is 0.464. The van der Waals surface area contributed by atoms with Crippen LogP contribution in [0.3, 0.4) is 0 Å². The van der Waals surface area contributed by atoms with Gasteiger partial charge in [0.2, 0.25) is 0 Å². The molecule has 102 valence electrons. The van der Waals surface area contributed by atoms with Crippen LogP contribution in [0.25, 0.3) is 10.9 Å². The van der Waals surface area contributed by atoms with Crippen LogP contribution in [-0.2, 0) is 0 Å². The Labute approximate surface area is 122 Å². The first-order valence-electron chi connectivity index (χ1n) is 6.73. The third-order valence-corrected chi connectivity index (χ3v) is 5.23. The second-order valence-electron chi connectivity index (χ2n) is 5.12. The van der Waals surface area contributed by atoms with Crippen LogP contribution in [0, 0.1) is 11.3 Å². The molecule has 4 nitrogen and oxygen atoms in total. The highest BCUT2D eigenvalue weighted by Gasteiger charge is 2.38. The van der Waals surface area contributed by atoms with Crippen molar-refractivity contribution in [2.24, 2.45) is 0 Å². The second-order valence-corrected chi connectivity index (χ2v) is 6.41. The lowest BCUT2D eigenvalue weighted by Gasteiger charge is -2.19. The van der Waals surface area contributed by atoms with E-state index in [9.17, 15) is 5.26 Å². The number of thioether (sulfide) groups is 1. The molecular weight excluding hydrogens is 268 g/mol. The van der Waals surface area contributed by atoms with Gasteiger partial charge >= 0.3 is 0 Å². The number of rotatable bonds is 3. The third kappa shape index (κ3) is 2.37. The summed E-state index contributed by atoms with van der Waals surface area (Å²) in [5.41, 5.74) is 0.615. The molecule has 5 heteroatoms. The van der Waals surface area contributed by atoms with Crippen LogP contribution in [0.15, 0.2) is 35.6 Å². The Morgan fingerprint density at radius 2 is 2.25 bits per heavy atom. The maximum Gasteiger partial charge on any atom is 0.117 e. The Morgan fingerprint density at radius 3 is 3.00 bits per heavy atom. The van der Waals surface area contributed by atoms with Gasteiger partial charge in [-0.1, -0.05) is 18.2 Å². The van der Waals surface area contributed by atoms with Gasteiger partial charge in [0.05, 0.1) is 11.6 Å². The Hall–Kier alpha value is -1.64. The number of hydrogen-bond donors (Lipinski definition) is 1. The number of nitrogens with zero attached hydrogens (tertiary/aromatic N) is 3. The number of fused-ring (bicyclic) bond motifs is 1. The SMILES string of the molecule is CNC1(C#N)CCC(Sc2ncnc3ccccc23)C1. The van der Waals surface area contributed by atoms with Crippen LogP contribution in [0.2, 0.25) is 0 Å². The van der Waals surface area contributed by atoms with Crippen LogP contribution in [0.5, 0.6) is 0 Å². The Balaban J connectivity index is 1.83. The largest absolute Gasteiger partial charge is 0.302 e. The first-order valence-corrected chi connectivity index (χ1v) is 7.61. The number of nitrogens with one attached hydrogen (secondary N) is 1. The van der Waals surface area contributed by atoms with Gasteiger partial charge in [0.15, 0.2) is 0 Å². The molecule has 0 bridgehead atoms. The van der Waals surface area contributed by atoms with Crippen LogP contribution in [-0.4, -0.2) is 27.8 Å². The van der Waals surface area contributed by atoms with Crippen molar-refractivity contribution in [3.8, 4) is 6.07 Å². The summed E-state index contributed by atoms with van der Waals surface area (Å²) in [6.45, 7) is 0. The zero-order chi connectivity index (χ0) is 14.0. The highest BCUT2D eigenvalue weighted by Crippen LogP contribution is 2.40.